The summed E-state index contributed by atoms with van der Waals surface area (Å²) in [6.45, 7) is 6.75. The molecule has 0 aromatic carbocycles. The van der Waals surface area contributed by atoms with Crippen molar-refractivity contribution in [3.05, 3.63) is 48.0 Å². The lowest BCUT2D eigenvalue weighted by atomic mass is 9.90. The van der Waals surface area contributed by atoms with E-state index < -0.39 is 0 Å². The van der Waals surface area contributed by atoms with Gasteiger partial charge in [0.05, 0.1) is 31.1 Å². The Labute approximate surface area is 198 Å². The number of rotatable bonds is 6. The monoisotopic (exact) mass is 456 g/mol. The number of aromatic nitrogens is 6. The second-order valence-electron chi connectivity index (χ2n) is 9.03. The predicted octanol–water partition coefficient (Wildman–Crippen LogP) is 4.02. The zero-order valence-corrected chi connectivity index (χ0v) is 19.7. The Bertz CT molecular complexity index is 1320. The van der Waals surface area contributed by atoms with E-state index in [0.717, 1.165) is 54.1 Å². The summed E-state index contributed by atoms with van der Waals surface area (Å²) in [6, 6.07) is 8.46. The molecule has 4 aromatic heterocycles. The Balaban J connectivity index is 1.45. The first-order valence-corrected chi connectivity index (χ1v) is 11.6. The van der Waals surface area contributed by atoms with Crippen LogP contribution in [0.1, 0.15) is 49.7 Å². The Morgan fingerprint density at radius 3 is 2.74 bits per heavy atom. The van der Waals surface area contributed by atoms with E-state index in [2.05, 4.69) is 57.2 Å². The van der Waals surface area contributed by atoms with Gasteiger partial charge in [-0.15, -0.1) is 0 Å². The summed E-state index contributed by atoms with van der Waals surface area (Å²) in [5.74, 6) is 1.37. The summed E-state index contributed by atoms with van der Waals surface area (Å²) in [4.78, 5) is 11.3. The van der Waals surface area contributed by atoms with Gasteiger partial charge in [-0.3, -0.25) is 15.0 Å². The second kappa shape index (κ2) is 9.23. The summed E-state index contributed by atoms with van der Waals surface area (Å²) in [5, 5.41) is 21.1. The molecule has 0 saturated carbocycles. The number of nitrogens with one attached hydrogen (secondary N) is 1. The summed E-state index contributed by atoms with van der Waals surface area (Å²) in [7, 11) is 1.63. The van der Waals surface area contributed by atoms with Crippen molar-refractivity contribution in [2.45, 2.75) is 38.5 Å². The van der Waals surface area contributed by atoms with Crippen LogP contribution in [0.25, 0.3) is 28.3 Å². The maximum absolute atomic E-state index is 8.92. The number of fused-ring (bicyclic) bond motifs is 1. The SMILES string of the molecule is COc1cc(-c2[nH]nc(-c3ccc(C4CCN(CC#N)CC4)cn3)c2C(C)C)cn2ncnc12. The minimum absolute atomic E-state index is 0.229. The van der Waals surface area contributed by atoms with E-state index in [-0.39, 0.29) is 5.92 Å². The van der Waals surface area contributed by atoms with Gasteiger partial charge in [0.2, 0.25) is 0 Å². The molecule has 4 aromatic rings. The van der Waals surface area contributed by atoms with Crippen LogP contribution in [0.5, 0.6) is 5.75 Å². The summed E-state index contributed by atoms with van der Waals surface area (Å²) in [6.07, 6.45) is 7.55. The average Bonchev–Trinajstić information content (AvgIpc) is 3.52. The molecule has 9 nitrogen and oxygen atoms in total. The molecule has 1 fully saturated rings. The van der Waals surface area contributed by atoms with Gasteiger partial charge >= 0.3 is 0 Å². The van der Waals surface area contributed by atoms with E-state index in [9.17, 15) is 0 Å². The lowest BCUT2D eigenvalue weighted by Crippen LogP contribution is -2.33. The van der Waals surface area contributed by atoms with E-state index in [4.69, 9.17) is 15.0 Å². The number of pyridine rings is 2. The van der Waals surface area contributed by atoms with Crippen LogP contribution in [-0.4, -0.2) is 61.4 Å². The zero-order valence-electron chi connectivity index (χ0n) is 19.7. The van der Waals surface area contributed by atoms with E-state index in [1.165, 1.54) is 11.9 Å². The van der Waals surface area contributed by atoms with Crippen LogP contribution in [0.4, 0.5) is 0 Å². The van der Waals surface area contributed by atoms with Gasteiger partial charge in [0.25, 0.3) is 0 Å². The van der Waals surface area contributed by atoms with Crippen LogP contribution < -0.4 is 4.74 Å². The third-order valence-electron chi connectivity index (χ3n) is 6.61. The third-order valence-corrected chi connectivity index (χ3v) is 6.61. The van der Waals surface area contributed by atoms with E-state index >= 15 is 0 Å². The molecule has 0 bridgehead atoms. The minimum Gasteiger partial charge on any atom is -0.493 e. The van der Waals surface area contributed by atoms with Crippen molar-refractivity contribution in [3.8, 4) is 34.5 Å². The maximum Gasteiger partial charge on any atom is 0.197 e. The fraction of sp³-hybridized carbons (Fsp3) is 0.400. The first-order chi connectivity index (χ1) is 16.6. The minimum atomic E-state index is 0.229. The molecule has 1 aliphatic heterocycles. The fourth-order valence-electron chi connectivity index (χ4n) is 4.82. The first-order valence-electron chi connectivity index (χ1n) is 11.6. The van der Waals surface area contributed by atoms with Gasteiger partial charge in [-0.2, -0.15) is 15.5 Å². The van der Waals surface area contributed by atoms with Gasteiger partial charge in [0, 0.05) is 23.5 Å². The van der Waals surface area contributed by atoms with Gasteiger partial charge in [0.15, 0.2) is 11.4 Å². The number of H-pyrrole nitrogens is 1. The van der Waals surface area contributed by atoms with Crippen molar-refractivity contribution < 1.29 is 4.74 Å². The number of aromatic amines is 1. The summed E-state index contributed by atoms with van der Waals surface area (Å²) < 4.78 is 7.26. The largest absolute Gasteiger partial charge is 0.493 e. The molecular formula is C25H28N8O. The molecule has 0 aliphatic carbocycles. The molecule has 5 heterocycles. The lowest BCUT2D eigenvalue weighted by molar-refractivity contribution is 0.235. The quantitative estimate of drug-likeness (QED) is 0.437. The molecule has 0 spiro atoms. The molecule has 9 heteroatoms. The molecule has 1 saturated heterocycles. The molecule has 174 valence electrons. The van der Waals surface area contributed by atoms with Gasteiger partial charge in [-0.05, 0) is 55.5 Å². The average molecular weight is 457 g/mol. The molecule has 34 heavy (non-hydrogen) atoms. The van der Waals surface area contributed by atoms with Crippen molar-refractivity contribution in [1.29, 1.82) is 5.26 Å². The van der Waals surface area contributed by atoms with Crippen LogP contribution in [0.2, 0.25) is 0 Å². The van der Waals surface area contributed by atoms with Crippen molar-refractivity contribution in [2.24, 2.45) is 0 Å². The van der Waals surface area contributed by atoms with Crippen LogP contribution in [0.15, 0.2) is 36.9 Å². The molecule has 1 aliphatic rings. The number of likely N-dealkylation sites (tertiary alicyclic amines) is 1. The highest BCUT2D eigenvalue weighted by atomic mass is 16.5. The Kier molecular flexibility index (Phi) is 5.99. The molecule has 1 N–H and O–H groups in total. The number of nitrogens with zero attached hydrogens (tertiary/aromatic N) is 7. The van der Waals surface area contributed by atoms with Crippen molar-refractivity contribution in [3.63, 3.8) is 0 Å². The highest BCUT2D eigenvalue weighted by Crippen LogP contribution is 2.37. The third kappa shape index (κ3) is 4.01. The lowest BCUT2D eigenvalue weighted by Gasteiger charge is -2.30. The molecule has 0 amide bonds. The van der Waals surface area contributed by atoms with Crippen LogP contribution in [-0.2, 0) is 0 Å². The fourth-order valence-corrected chi connectivity index (χ4v) is 4.82. The number of hydrogen-bond acceptors (Lipinski definition) is 7. The van der Waals surface area contributed by atoms with E-state index in [1.54, 1.807) is 11.6 Å². The predicted molar refractivity (Wildman–Crippen MR) is 128 cm³/mol. The van der Waals surface area contributed by atoms with E-state index in [1.807, 2.05) is 18.5 Å². The topological polar surface area (TPSA) is 108 Å². The zero-order chi connectivity index (χ0) is 23.7. The number of hydrogen-bond donors (Lipinski definition) is 1. The van der Waals surface area contributed by atoms with E-state index in [0.29, 0.717) is 23.9 Å². The van der Waals surface area contributed by atoms with Gasteiger partial charge in [-0.25, -0.2) is 9.50 Å². The second-order valence-corrected chi connectivity index (χ2v) is 9.03. The molecule has 0 unspecified atom stereocenters. The van der Waals surface area contributed by atoms with Gasteiger partial charge in [-0.1, -0.05) is 19.9 Å². The number of nitriles is 1. The molecule has 5 rings (SSSR count). The molecular weight excluding hydrogens is 428 g/mol. The maximum atomic E-state index is 8.92. The normalized spacial score (nSPS) is 15.1. The Morgan fingerprint density at radius 1 is 1.24 bits per heavy atom. The summed E-state index contributed by atoms with van der Waals surface area (Å²) in [5.41, 5.74) is 6.60. The highest BCUT2D eigenvalue weighted by molar-refractivity contribution is 5.75. The van der Waals surface area contributed by atoms with Crippen molar-refractivity contribution in [1.82, 2.24) is 34.7 Å². The van der Waals surface area contributed by atoms with Crippen molar-refractivity contribution >= 4 is 5.65 Å². The van der Waals surface area contributed by atoms with Gasteiger partial charge in [0.1, 0.15) is 12.0 Å². The number of ether oxygens (including phenoxy) is 1. The first kappa shape index (κ1) is 22.0. The molecule has 0 radical (unpaired) electrons. The van der Waals surface area contributed by atoms with Crippen molar-refractivity contribution in [2.75, 3.05) is 26.7 Å². The standard InChI is InChI=1S/C25H28N8O/c1-16(2)22-23(19-12-21(34-3)25-28-15-29-33(25)14-19)30-31-24(22)20-5-4-18(13-27-20)17-6-9-32(10-7-17)11-8-26/h4-5,12-17H,6-7,9-11H2,1-3H3,(H,30,31). The van der Waals surface area contributed by atoms with Crippen LogP contribution >= 0.6 is 0 Å². The number of piperidine rings is 1. The smallest absolute Gasteiger partial charge is 0.197 e. The molecule has 0 atom stereocenters. The van der Waals surface area contributed by atoms with Crippen LogP contribution in [0.3, 0.4) is 0 Å². The van der Waals surface area contributed by atoms with Gasteiger partial charge < -0.3 is 4.74 Å². The highest BCUT2D eigenvalue weighted by Gasteiger charge is 2.23. The van der Waals surface area contributed by atoms with Crippen LogP contribution in [0, 0.1) is 11.3 Å². The Morgan fingerprint density at radius 2 is 2.06 bits per heavy atom. The Hall–Kier alpha value is -3.77. The summed E-state index contributed by atoms with van der Waals surface area (Å²) >= 11 is 0. The number of methoxy groups -OCH3 is 1.